The van der Waals surface area contributed by atoms with Crippen molar-refractivity contribution in [3.63, 3.8) is 0 Å². The molecule has 0 bridgehead atoms. The van der Waals surface area contributed by atoms with Crippen LogP contribution >= 0.6 is 11.8 Å². The Balaban J connectivity index is 1.52. The minimum atomic E-state index is -0.131. The summed E-state index contributed by atoms with van der Waals surface area (Å²) in [5.41, 5.74) is 3.03. The van der Waals surface area contributed by atoms with Crippen molar-refractivity contribution in [1.29, 1.82) is 0 Å². The first kappa shape index (κ1) is 18.0. The fourth-order valence-corrected chi connectivity index (χ4v) is 4.43. The van der Waals surface area contributed by atoms with E-state index in [9.17, 15) is 4.79 Å². The number of aromatic nitrogens is 3. The number of benzene rings is 1. The molecule has 140 valence electrons. The third-order valence-corrected chi connectivity index (χ3v) is 5.91. The molecule has 1 fully saturated rings. The van der Waals surface area contributed by atoms with Gasteiger partial charge in [-0.2, -0.15) is 5.10 Å². The summed E-state index contributed by atoms with van der Waals surface area (Å²) >= 11 is 1.68. The van der Waals surface area contributed by atoms with Crippen LogP contribution in [-0.4, -0.2) is 39.1 Å². The molecule has 1 amide bonds. The van der Waals surface area contributed by atoms with Crippen LogP contribution in [0.1, 0.15) is 28.9 Å². The molecular weight excluding hydrogens is 360 g/mol. The van der Waals surface area contributed by atoms with E-state index in [4.69, 9.17) is 4.74 Å². The Morgan fingerprint density at radius 1 is 1.41 bits per heavy atom. The van der Waals surface area contributed by atoms with Gasteiger partial charge in [0, 0.05) is 29.7 Å². The lowest BCUT2D eigenvalue weighted by Gasteiger charge is -2.12. The van der Waals surface area contributed by atoms with E-state index in [-0.39, 0.29) is 12.0 Å². The maximum absolute atomic E-state index is 12.9. The molecule has 27 heavy (non-hydrogen) atoms. The standard InChI is InChI=1S/C20H22N4O2S/c1-13-17-10-14(11-21-19(17)24(2)23-13)22-20(25)16-7-3-4-8-18(16)27-12-15-6-5-9-26-15/h3-4,7-8,10-11,15H,5-6,9,12H2,1-2H3,(H,22,25). The number of carbonyl (C=O) groups is 1. The highest BCUT2D eigenvalue weighted by Gasteiger charge is 2.18. The van der Waals surface area contributed by atoms with Crippen LogP contribution < -0.4 is 5.32 Å². The second-order valence-electron chi connectivity index (χ2n) is 6.70. The molecule has 1 aliphatic rings. The fraction of sp³-hybridized carbons (Fsp3) is 0.350. The van der Waals surface area contributed by atoms with Gasteiger partial charge < -0.3 is 10.1 Å². The second kappa shape index (κ2) is 7.70. The molecule has 2 aromatic heterocycles. The summed E-state index contributed by atoms with van der Waals surface area (Å²) in [6.45, 7) is 2.78. The van der Waals surface area contributed by atoms with E-state index >= 15 is 0 Å². The molecular formula is C20H22N4O2S. The number of hydrogen-bond donors (Lipinski definition) is 1. The Hall–Kier alpha value is -2.38. The van der Waals surface area contributed by atoms with E-state index < -0.39 is 0 Å². The number of pyridine rings is 1. The topological polar surface area (TPSA) is 69.0 Å². The molecule has 3 heterocycles. The number of rotatable bonds is 5. The second-order valence-corrected chi connectivity index (χ2v) is 7.76. The van der Waals surface area contributed by atoms with E-state index in [0.717, 1.165) is 46.8 Å². The molecule has 1 aromatic carbocycles. The van der Waals surface area contributed by atoms with Gasteiger partial charge in [-0.1, -0.05) is 12.1 Å². The van der Waals surface area contributed by atoms with E-state index in [1.54, 1.807) is 22.6 Å². The van der Waals surface area contributed by atoms with Crippen LogP contribution in [0.3, 0.4) is 0 Å². The summed E-state index contributed by atoms with van der Waals surface area (Å²) in [7, 11) is 1.86. The molecule has 0 saturated carbocycles. The predicted octanol–water partition coefficient (Wildman–Crippen LogP) is 3.80. The van der Waals surface area contributed by atoms with Gasteiger partial charge in [0.2, 0.25) is 0 Å². The zero-order chi connectivity index (χ0) is 18.8. The van der Waals surface area contributed by atoms with Gasteiger partial charge in [-0.25, -0.2) is 4.98 Å². The lowest BCUT2D eigenvalue weighted by Crippen LogP contribution is -2.14. The largest absolute Gasteiger partial charge is 0.377 e. The van der Waals surface area contributed by atoms with Gasteiger partial charge in [0.25, 0.3) is 5.91 Å². The van der Waals surface area contributed by atoms with Gasteiger partial charge >= 0.3 is 0 Å². The summed E-state index contributed by atoms with van der Waals surface area (Å²) in [5.74, 6) is 0.736. The third-order valence-electron chi connectivity index (χ3n) is 4.70. The van der Waals surface area contributed by atoms with E-state index in [0.29, 0.717) is 11.3 Å². The number of ether oxygens (including phenoxy) is 1. The fourth-order valence-electron chi connectivity index (χ4n) is 3.31. The van der Waals surface area contributed by atoms with Gasteiger partial charge in [0.1, 0.15) is 0 Å². The van der Waals surface area contributed by atoms with Gasteiger partial charge in [-0.15, -0.1) is 11.8 Å². The summed E-state index contributed by atoms with van der Waals surface area (Å²) in [4.78, 5) is 18.2. The van der Waals surface area contributed by atoms with Crippen LogP contribution in [0.2, 0.25) is 0 Å². The first-order valence-electron chi connectivity index (χ1n) is 9.06. The molecule has 7 heteroatoms. The highest BCUT2D eigenvalue weighted by molar-refractivity contribution is 7.99. The van der Waals surface area contributed by atoms with Crippen LogP contribution in [-0.2, 0) is 11.8 Å². The average Bonchev–Trinajstić information content (AvgIpc) is 3.29. The van der Waals surface area contributed by atoms with Gasteiger partial charge in [0.05, 0.1) is 29.2 Å². The number of anilines is 1. The highest BCUT2D eigenvalue weighted by Crippen LogP contribution is 2.27. The van der Waals surface area contributed by atoms with Crippen molar-refractivity contribution in [2.24, 2.45) is 7.05 Å². The number of aryl methyl sites for hydroxylation is 2. The molecule has 1 atom stereocenters. The number of hydrogen-bond acceptors (Lipinski definition) is 5. The maximum atomic E-state index is 12.9. The Kier molecular flexibility index (Phi) is 5.13. The summed E-state index contributed by atoms with van der Waals surface area (Å²) in [5, 5.41) is 8.28. The van der Waals surface area contributed by atoms with Crippen LogP contribution in [0.5, 0.6) is 0 Å². The normalized spacial score (nSPS) is 16.7. The van der Waals surface area contributed by atoms with Crippen molar-refractivity contribution in [3.8, 4) is 0 Å². The van der Waals surface area contributed by atoms with Gasteiger partial charge in [-0.3, -0.25) is 9.48 Å². The average molecular weight is 382 g/mol. The molecule has 6 nitrogen and oxygen atoms in total. The van der Waals surface area contributed by atoms with Crippen molar-refractivity contribution in [2.75, 3.05) is 17.7 Å². The van der Waals surface area contributed by atoms with E-state index in [1.807, 2.05) is 44.3 Å². The molecule has 0 spiro atoms. The zero-order valence-corrected chi connectivity index (χ0v) is 16.3. The van der Waals surface area contributed by atoms with Gasteiger partial charge in [-0.05, 0) is 38.0 Å². The number of amides is 1. The van der Waals surface area contributed by atoms with E-state index in [2.05, 4.69) is 15.4 Å². The predicted molar refractivity (Wildman–Crippen MR) is 107 cm³/mol. The SMILES string of the molecule is Cc1nn(C)c2ncc(NC(=O)c3ccccc3SCC3CCCO3)cc12. The lowest BCUT2D eigenvalue weighted by atomic mass is 10.2. The molecule has 0 aliphatic carbocycles. The minimum Gasteiger partial charge on any atom is -0.377 e. The number of carbonyl (C=O) groups excluding carboxylic acids is 1. The number of fused-ring (bicyclic) bond motifs is 1. The van der Waals surface area contributed by atoms with Crippen molar-refractivity contribution < 1.29 is 9.53 Å². The zero-order valence-electron chi connectivity index (χ0n) is 15.4. The van der Waals surface area contributed by atoms with Crippen molar-refractivity contribution in [2.45, 2.75) is 30.8 Å². The van der Waals surface area contributed by atoms with Crippen LogP contribution in [0.25, 0.3) is 11.0 Å². The van der Waals surface area contributed by atoms with Crippen molar-refractivity contribution in [1.82, 2.24) is 14.8 Å². The molecule has 1 aliphatic heterocycles. The number of thioether (sulfide) groups is 1. The molecule has 4 rings (SSSR count). The smallest absolute Gasteiger partial charge is 0.256 e. The van der Waals surface area contributed by atoms with E-state index in [1.165, 1.54) is 0 Å². The van der Waals surface area contributed by atoms with Crippen LogP contribution in [0, 0.1) is 6.92 Å². The number of nitrogens with one attached hydrogen (secondary N) is 1. The third kappa shape index (κ3) is 3.84. The first-order valence-corrected chi connectivity index (χ1v) is 10.0. The lowest BCUT2D eigenvalue weighted by molar-refractivity contribution is 0.102. The molecule has 1 saturated heterocycles. The quantitative estimate of drug-likeness (QED) is 0.680. The minimum absolute atomic E-state index is 0.131. The molecule has 1 unspecified atom stereocenters. The first-order chi connectivity index (χ1) is 13.1. The highest BCUT2D eigenvalue weighted by atomic mass is 32.2. The molecule has 1 N–H and O–H groups in total. The number of nitrogens with zero attached hydrogens (tertiary/aromatic N) is 3. The summed E-state index contributed by atoms with van der Waals surface area (Å²) in [6, 6.07) is 9.61. The van der Waals surface area contributed by atoms with Crippen molar-refractivity contribution >= 4 is 34.4 Å². The van der Waals surface area contributed by atoms with Crippen molar-refractivity contribution in [3.05, 3.63) is 47.8 Å². The summed E-state index contributed by atoms with van der Waals surface area (Å²) < 4.78 is 7.43. The Bertz CT molecular complexity index is 979. The monoisotopic (exact) mass is 382 g/mol. The summed E-state index contributed by atoms with van der Waals surface area (Å²) in [6.07, 6.45) is 4.17. The van der Waals surface area contributed by atoms with Gasteiger partial charge in [0.15, 0.2) is 5.65 Å². The van der Waals surface area contributed by atoms with Crippen LogP contribution in [0.15, 0.2) is 41.4 Å². The Morgan fingerprint density at radius 3 is 3.07 bits per heavy atom. The van der Waals surface area contributed by atoms with Crippen LogP contribution in [0.4, 0.5) is 5.69 Å². The Labute approximate surface area is 162 Å². The molecule has 0 radical (unpaired) electrons. The Morgan fingerprint density at radius 2 is 2.26 bits per heavy atom. The maximum Gasteiger partial charge on any atom is 0.256 e. The molecule has 3 aromatic rings.